The van der Waals surface area contributed by atoms with Gasteiger partial charge in [0.05, 0.1) is 17.7 Å². The molecule has 3 aromatic rings. The predicted molar refractivity (Wildman–Crippen MR) is 116 cm³/mol. The number of ether oxygens (including phenoxy) is 1. The average molecular weight is 478 g/mol. The van der Waals surface area contributed by atoms with Crippen molar-refractivity contribution in [3.05, 3.63) is 45.2 Å². The van der Waals surface area contributed by atoms with Gasteiger partial charge >= 0.3 is 0 Å². The Morgan fingerprint density at radius 2 is 2.14 bits per heavy atom. The molecule has 28 heavy (non-hydrogen) atoms. The van der Waals surface area contributed by atoms with E-state index < -0.39 is 0 Å². The fourth-order valence-electron chi connectivity index (χ4n) is 2.99. The quantitative estimate of drug-likeness (QED) is 0.559. The lowest BCUT2D eigenvalue weighted by molar-refractivity contribution is -0.117. The van der Waals surface area contributed by atoms with Crippen molar-refractivity contribution in [2.24, 2.45) is 0 Å². The number of thiazole rings is 1. The molecular formula is C19H16BrN3O3S2. The number of rotatable bonds is 5. The van der Waals surface area contributed by atoms with Crippen molar-refractivity contribution in [3.8, 4) is 15.6 Å². The maximum Gasteiger partial charge on any atom is 0.275 e. The Bertz CT molecular complexity index is 1050. The van der Waals surface area contributed by atoms with Crippen molar-refractivity contribution in [2.45, 2.75) is 12.8 Å². The van der Waals surface area contributed by atoms with Crippen LogP contribution in [0.3, 0.4) is 0 Å². The summed E-state index contributed by atoms with van der Waals surface area (Å²) in [6.45, 7) is 0.651. The van der Waals surface area contributed by atoms with Crippen molar-refractivity contribution >= 4 is 61.8 Å². The molecule has 1 N–H and O–H groups in total. The molecule has 4 rings (SSSR count). The van der Waals surface area contributed by atoms with Gasteiger partial charge in [0.2, 0.25) is 5.91 Å². The number of carbonyl (C=O) groups excluding carboxylic acids is 2. The molecule has 9 heteroatoms. The van der Waals surface area contributed by atoms with E-state index in [0.29, 0.717) is 35.8 Å². The standard InChI is InChI=1S/C19H16BrN3O3S2/c1-26-15-5-4-12(8-14(15)23-6-2-3-17(23)24)21-18(25)13-10-28-19(22-13)16-7-11(20)9-27-16/h4-5,7-10H,2-3,6H2,1H3,(H,21,25). The molecule has 0 atom stereocenters. The summed E-state index contributed by atoms with van der Waals surface area (Å²) in [5.41, 5.74) is 1.62. The Balaban J connectivity index is 1.55. The van der Waals surface area contributed by atoms with E-state index in [1.807, 2.05) is 11.4 Å². The number of benzene rings is 1. The van der Waals surface area contributed by atoms with Gasteiger partial charge in [0, 0.05) is 33.9 Å². The first-order valence-electron chi connectivity index (χ1n) is 8.55. The molecule has 1 aliphatic heterocycles. The van der Waals surface area contributed by atoms with E-state index in [1.54, 1.807) is 46.9 Å². The Hall–Kier alpha value is -2.23. The van der Waals surface area contributed by atoms with Crippen LogP contribution in [0.5, 0.6) is 5.75 Å². The minimum absolute atomic E-state index is 0.0630. The molecule has 144 valence electrons. The van der Waals surface area contributed by atoms with Gasteiger partial charge in [0.15, 0.2) is 0 Å². The van der Waals surface area contributed by atoms with Gasteiger partial charge in [-0.2, -0.15) is 0 Å². The molecule has 1 aromatic carbocycles. The molecule has 0 radical (unpaired) electrons. The summed E-state index contributed by atoms with van der Waals surface area (Å²) in [6.07, 6.45) is 1.35. The number of hydrogen-bond donors (Lipinski definition) is 1. The van der Waals surface area contributed by atoms with Crippen molar-refractivity contribution in [2.75, 3.05) is 23.9 Å². The summed E-state index contributed by atoms with van der Waals surface area (Å²) in [5.74, 6) is 0.377. The normalized spacial score (nSPS) is 13.8. The van der Waals surface area contributed by atoms with Gasteiger partial charge in [0.25, 0.3) is 5.91 Å². The maximum absolute atomic E-state index is 12.6. The van der Waals surface area contributed by atoms with E-state index in [4.69, 9.17) is 4.74 Å². The molecule has 0 unspecified atom stereocenters. The van der Waals surface area contributed by atoms with Gasteiger partial charge in [-0.05, 0) is 46.6 Å². The van der Waals surface area contributed by atoms with E-state index in [-0.39, 0.29) is 11.8 Å². The topological polar surface area (TPSA) is 71.5 Å². The van der Waals surface area contributed by atoms with Gasteiger partial charge in [-0.3, -0.25) is 9.59 Å². The molecule has 1 aliphatic rings. The molecule has 2 aromatic heterocycles. The SMILES string of the molecule is COc1ccc(NC(=O)c2csc(-c3cc(Br)cs3)n2)cc1N1CCCC1=O. The van der Waals surface area contributed by atoms with Crippen molar-refractivity contribution in [1.82, 2.24) is 4.98 Å². The second kappa shape index (κ2) is 8.02. The molecule has 0 bridgehead atoms. The van der Waals surface area contributed by atoms with Crippen LogP contribution in [0.15, 0.2) is 39.5 Å². The number of nitrogens with zero attached hydrogens (tertiary/aromatic N) is 2. The molecular weight excluding hydrogens is 462 g/mol. The fraction of sp³-hybridized carbons (Fsp3) is 0.211. The number of nitrogens with one attached hydrogen (secondary N) is 1. The summed E-state index contributed by atoms with van der Waals surface area (Å²) in [7, 11) is 1.57. The number of thiophene rings is 1. The zero-order chi connectivity index (χ0) is 19.7. The third-order valence-corrected chi connectivity index (χ3v) is 7.02. The van der Waals surface area contributed by atoms with Crippen molar-refractivity contribution in [3.63, 3.8) is 0 Å². The van der Waals surface area contributed by atoms with Crippen LogP contribution in [0, 0.1) is 0 Å². The summed E-state index contributed by atoms with van der Waals surface area (Å²) in [5, 5.41) is 7.39. The Morgan fingerprint density at radius 1 is 1.29 bits per heavy atom. The Kier molecular flexibility index (Phi) is 5.47. The number of methoxy groups -OCH3 is 1. The van der Waals surface area contributed by atoms with E-state index in [0.717, 1.165) is 20.8 Å². The van der Waals surface area contributed by atoms with Gasteiger partial charge in [-0.1, -0.05) is 0 Å². The van der Waals surface area contributed by atoms with Crippen LogP contribution in [0.2, 0.25) is 0 Å². The average Bonchev–Trinajstić information content (AvgIpc) is 3.42. The van der Waals surface area contributed by atoms with E-state index in [2.05, 4.69) is 26.2 Å². The lowest BCUT2D eigenvalue weighted by Gasteiger charge is -2.20. The van der Waals surface area contributed by atoms with Crippen molar-refractivity contribution < 1.29 is 14.3 Å². The molecule has 1 fully saturated rings. The first-order valence-corrected chi connectivity index (χ1v) is 11.1. The highest BCUT2D eigenvalue weighted by Gasteiger charge is 2.25. The van der Waals surface area contributed by atoms with E-state index in [9.17, 15) is 9.59 Å². The Morgan fingerprint density at radius 3 is 2.82 bits per heavy atom. The largest absolute Gasteiger partial charge is 0.495 e. The number of carbonyl (C=O) groups is 2. The highest BCUT2D eigenvalue weighted by Crippen LogP contribution is 2.35. The molecule has 6 nitrogen and oxygen atoms in total. The van der Waals surface area contributed by atoms with Crippen LogP contribution in [0.1, 0.15) is 23.3 Å². The lowest BCUT2D eigenvalue weighted by atomic mass is 10.2. The number of anilines is 2. The van der Waals surface area contributed by atoms with Crippen LogP contribution in [-0.2, 0) is 4.79 Å². The highest BCUT2D eigenvalue weighted by molar-refractivity contribution is 9.10. The second-order valence-electron chi connectivity index (χ2n) is 6.16. The van der Waals surface area contributed by atoms with Gasteiger partial charge < -0.3 is 15.0 Å². The summed E-state index contributed by atoms with van der Waals surface area (Å²) >= 11 is 6.43. The van der Waals surface area contributed by atoms with E-state index >= 15 is 0 Å². The maximum atomic E-state index is 12.6. The van der Waals surface area contributed by atoms with Gasteiger partial charge in [-0.15, -0.1) is 22.7 Å². The molecule has 0 saturated carbocycles. The highest BCUT2D eigenvalue weighted by atomic mass is 79.9. The summed E-state index contributed by atoms with van der Waals surface area (Å²) in [6, 6.07) is 7.26. The second-order valence-corrected chi connectivity index (χ2v) is 8.84. The van der Waals surface area contributed by atoms with Crippen LogP contribution in [-0.4, -0.2) is 30.5 Å². The molecule has 3 heterocycles. The van der Waals surface area contributed by atoms with Crippen LogP contribution in [0.4, 0.5) is 11.4 Å². The molecule has 2 amide bonds. The van der Waals surface area contributed by atoms with Gasteiger partial charge in [-0.25, -0.2) is 4.98 Å². The Labute approximate surface area is 178 Å². The summed E-state index contributed by atoms with van der Waals surface area (Å²) < 4.78 is 6.38. The number of hydrogen-bond acceptors (Lipinski definition) is 6. The van der Waals surface area contributed by atoms with Crippen molar-refractivity contribution in [1.29, 1.82) is 0 Å². The lowest BCUT2D eigenvalue weighted by Crippen LogP contribution is -2.24. The summed E-state index contributed by atoms with van der Waals surface area (Å²) in [4.78, 5) is 31.9. The predicted octanol–water partition coefficient (Wildman–Crippen LogP) is 5.02. The minimum Gasteiger partial charge on any atom is -0.495 e. The zero-order valence-corrected chi connectivity index (χ0v) is 18.1. The van der Waals surface area contributed by atoms with Gasteiger partial charge in [0.1, 0.15) is 16.5 Å². The third kappa shape index (κ3) is 3.82. The number of aromatic nitrogens is 1. The minimum atomic E-state index is -0.290. The number of halogens is 1. The smallest absolute Gasteiger partial charge is 0.275 e. The molecule has 0 spiro atoms. The third-order valence-electron chi connectivity index (χ3n) is 4.32. The first-order chi connectivity index (χ1) is 13.5. The fourth-order valence-corrected chi connectivity index (χ4v) is 5.30. The first kappa shape index (κ1) is 19.1. The van der Waals surface area contributed by atoms with Crippen LogP contribution in [0.25, 0.3) is 9.88 Å². The molecule has 1 saturated heterocycles. The van der Waals surface area contributed by atoms with Crippen LogP contribution < -0.4 is 15.0 Å². The molecule has 0 aliphatic carbocycles. The van der Waals surface area contributed by atoms with Crippen LogP contribution >= 0.6 is 38.6 Å². The zero-order valence-electron chi connectivity index (χ0n) is 14.9. The van der Waals surface area contributed by atoms with E-state index in [1.165, 1.54) is 11.3 Å². The number of amides is 2. The monoisotopic (exact) mass is 477 g/mol.